The van der Waals surface area contributed by atoms with Gasteiger partial charge in [-0.05, 0) is 37.3 Å². The number of benzene rings is 2. The van der Waals surface area contributed by atoms with Gasteiger partial charge in [0.15, 0.2) is 0 Å². The first-order chi connectivity index (χ1) is 13.0. The number of hydrogen-bond donors (Lipinski definition) is 3. The summed E-state index contributed by atoms with van der Waals surface area (Å²) >= 11 is 0. The fourth-order valence-corrected chi connectivity index (χ4v) is 2.42. The number of hydrogen-bond acceptors (Lipinski definition) is 4. The smallest absolute Gasteiger partial charge is 0.255 e. The number of amides is 3. The Morgan fingerprint density at radius 1 is 1.00 bits per heavy atom. The molecule has 0 heterocycles. The van der Waals surface area contributed by atoms with Crippen LogP contribution in [0.4, 0.5) is 5.69 Å². The first-order valence-corrected chi connectivity index (χ1v) is 8.72. The molecule has 0 atom stereocenters. The van der Waals surface area contributed by atoms with Gasteiger partial charge >= 0.3 is 0 Å². The van der Waals surface area contributed by atoms with E-state index in [-0.39, 0.29) is 24.2 Å². The van der Waals surface area contributed by atoms with Gasteiger partial charge in [-0.25, -0.2) is 0 Å². The second kappa shape index (κ2) is 11.1. The Morgan fingerprint density at radius 2 is 1.68 bits per heavy atom. The number of nitrogens with one attached hydrogen (secondary N) is 2. The molecule has 8 heteroatoms. The Morgan fingerprint density at radius 3 is 2.36 bits per heavy atom. The van der Waals surface area contributed by atoms with E-state index in [4.69, 9.17) is 5.73 Å². The van der Waals surface area contributed by atoms with Crippen LogP contribution in [-0.2, 0) is 0 Å². The van der Waals surface area contributed by atoms with Gasteiger partial charge in [0.1, 0.15) is 0 Å². The SMILES string of the molecule is CCN(C)C(=O)c1cccc(C(=O)Nc2ccccc2C(=O)NCCN)c1.Cl. The van der Waals surface area contributed by atoms with E-state index in [9.17, 15) is 14.4 Å². The van der Waals surface area contributed by atoms with E-state index in [2.05, 4.69) is 10.6 Å². The molecule has 0 aliphatic rings. The molecule has 7 nitrogen and oxygen atoms in total. The zero-order valence-electron chi connectivity index (χ0n) is 15.9. The van der Waals surface area contributed by atoms with E-state index >= 15 is 0 Å². The number of para-hydroxylation sites is 1. The largest absolute Gasteiger partial charge is 0.351 e. The van der Waals surface area contributed by atoms with E-state index in [0.717, 1.165) is 0 Å². The van der Waals surface area contributed by atoms with Gasteiger partial charge in [0.25, 0.3) is 17.7 Å². The summed E-state index contributed by atoms with van der Waals surface area (Å²) in [5, 5.41) is 5.42. The number of rotatable bonds is 7. The normalized spacial score (nSPS) is 9.82. The molecule has 2 aromatic carbocycles. The van der Waals surface area contributed by atoms with Crippen LogP contribution in [0, 0.1) is 0 Å². The summed E-state index contributed by atoms with van der Waals surface area (Å²) in [6, 6.07) is 13.2. The quantitative estimate of drug-likeness (QED) is 0.657. The maximum absolute atomic E-state index is 12.6. The van der Waals surface area contributed by atoms with Crippen molar-refractivity contribution in [1.82, 2.24) is 10.2 Å². The minimum atomic E-state index is -0.400. The van der Waals surface area contributed by atoms with E-state index in [1.165, 1.54) is 0 Å². The van der Waals surface area contributed by atoms with Crippen molar-refractivity contribution in [1.29, 1.82) is 0 Å². The lowest BCUT2D eigenvalue weighted by Crippen LogP contribution is -2.30. The highest BCUT2D eigenvalue weighted by Crippen LogP contribution is 2.17. The molecule has 0 radical (unpaired) electrons. The predicted octanol–water partition coefficient (Wildman–Crippen LogP) is 2.14. The summed E-state index contributed by atoms with van der Waals surface area (Å²) < 4.78 is 0. The fourth-order valence-electron chi connectivity index (χ4n) is 2.42. The molecule has 28 heavy (non-hydrogen) atoms. The van der Waals surface area contributed by atoms with Crippen molar-refractivity contribution in [3.63, 3.8) is 0 Å². The fraction of sp³-hybridized carbons (Fsp3) is 0.250. The van der Waals surface area contributed by atoms with Gasteiger partial charge in [-0.15, -0.1) is 12.4 Å². The Labute approximate surface area is 170 Å². The van der Waals surface area contributed by atoms with Gasteiger partial charge in [0.2, 0.25) is 0 Å². The topological polar surface area (TPSA) is 105 Å². The van der Waals surface area contributed by atoms with Gasteiger partial charge < -0.3 is 21.3 Å². The monoisotopic (exact) mass is 404 g/mol. The van der Waals surface area contributed by atoms with Crippen LogP contribution in [0.3, 0.4) is 0 Å². The molecule has 150 valence electrons. The predicted molar refractivity (Wildman–Crippen MR) is 112 cm³/mol. The van der Waals surface area contributed by atoms with E-state index < -0.39 is 5.91 Å². The van der Waals surface area contributed by atoms with Crippen LogP contribution in [0.15, 0.2) is 48.5 Å². The lowest BCUT2D eigenvalue weighted by Gasteiger charge is -2.15. The van der Waals surface area contributed by atoms with Gasteiger partial charge in [-0.1, -0.05) is 18.2 Å². The third kappa shape index (κ3) is 5.80. The molecule has 0 saturated carbocycles. The zero-order valence-corrected chi connectivity index (χ0v) is 16.7. The van der Waals surface area contributed by atoms with Crippen molar-refractivity contribution < 1.29 is 14.4 Å². The lowest BCUT2D eigenvalue weighted by atomic mass is 10.1. The molecule has 0 spiro atoms. The van der Waals surface area contributed by atoms with Crippen molar-refractivity contribution in [2.45, 2.75) is 6.92 Å². The maximum Gasteiger partial charge on any atom is 0.255 e. The van der Waals surface area contributed by atoms with Crippen molar-refractivity contribution in [2.24, 2.45) is 5.73 Å². The van der Waals surface area contributed by atoms with Gasteiger partial charge in [0, 0.05) is 37.8 Å². The van der Waals surface area contributed by atoms with Crippen LogP contribution in [0.5, 0.6) is 0 Å². The lowest BCUT2D eigenvalue weighted by molar-refractivity contribution is 0.0802. The summed E-state index contributed by atoms with van der Waals surface area (Å²) in [6.07, 6.45) is 0. The highest BCUT2D eigenvalue weighted by molar-refractivity contribution is 6.09. The summed E-state index contributed by atoms with van der Waals surface area (Å²) in [7, 11) is 1.70. The average molecular weight is 405 g/mol. The molecular weight excluding hydrogens is 380 g/mol. The van der Waals surface area contributed by atoms with Crippen LogP contribution in [0.1, 0.15) is 38.0 Å². The average Bonchev–Trinajstić information content (AvgIpc) is 2.71. The van der Waals surface area contributed by atoms with E-state index in [0.29, 0.717) is 42.0 Å². The molecule has 0 aliphatic carbocycles. The van der Waals surface area contributed by atoms with Crippen LogP contribution in [0.25, 0.3) is 0 Å². The first-order valence-electron chi connectivity index (χ1n) is 8.72. The molecule has 0 fully saturated rings. The molecule has 0 aliphatic heterocycles. The number of carbonyl (C=O) groups excluding carboxylic acids is 3. The van der Waals surface area contributed by atoms with Crippen LogP contribution >= 0.6 is 12.4 Å². The van der Waals surface area contributed by atoms with Crippen molar-refractivity contribution in [3.05, 3.63) is 65.2 Å². The molecule has 0 bridgehead atoms. The molecule has 0 unspecified atom stereocenters. The minimum absolute atomic E-state index is 0. The number of anilines is 1. The van der Waals surface area contributed by atoms with Gasteiger partial charge in [0.05, 0.1) is 11.3 Å². The third-order valence-electron chi connectivity index (χ3n) is 4.04. The molecule has 3 amide bonds. The Bertz CT molecular complexity index is 842. The Hall–Kier alpha value is -2.90. The second-order valence-electron chi connectivity index (χ2n) is 5.94. The van der Waals surface area contributed by atoms with E-state index in [1.54, 1.807) is 60.5 Å². The Balaban J connectivity index is 0.00000392. The van der Waals surface area contributed by atoms with Gasteiger partial charge in [-0.2, -0.15) is 0 Å². The Kier molecular flexibility index (Phi) is 9.14. The minimum Gasteiger partial charge on any atom is -0.351 e. The van der Waals surface area contributed by atoms with E-state index in [1.807, 2.05) is 6.92 Å². The number of nitrogens with zero attached hydrogens (tertiary/aromatic N) is 1. The van der Waals surface area contributed by atoms with Crippen LogP contribution < -0.4 is 16.4 Å². The highest BCUT2D eigenvalue weighted by Gasteiger charge is 2.16. The van der Waals surface area contributed by atoms with Crippen molar-refractivity contribution >= 4 is 35.8 Å². The molecular formula is C20H25ClN4O3. The van der Waals surface area contributed by atoms with Crippen molar-refractivity contribution in [2.75, 3.05) is 32.0 Å². The maximum atomic E-state index is 12.6. The highest BCUT2D eigenvalue weighted by atomic mass is 35.5. The zero-order chi connectivity index (χ0) is 19.8. The molecule has 4 N–H and O–H groups in total. The number of carbonyl (C=O) groups is 3. The number of nitrogens with two attached hydrogens (primary N) is 1. The summed E-state index contributed by atoms with van der Waals surface area (Å²) in [6.45, 7) is 3.12. The molecule has 0 saturated heterocycles. The summed E-state index contributed by atoms with van der Waals surface area (Å²) in [4.78, 5) is 38.7. The van der Waals surface area contributed by atoms with Gasteiger partial charge in [-0.3, -0.25) is 14.4 Å². The third-order valence-corrected chi connectivity index (χ3v) is 4.04. The standard InChI is InChI=1S/C20H24N4O3.ClH/c1-3-24(2)20(27)15-8-6-7-14(13-15)18(25)23-17-10-5-4-9-16(17)19(26)22-12-11-21;/h4-10,13H,3,11-12,21H2,1-2H3,(H,22,26)(H,23,25);1H. The van der Waals surface area contributed by atoms with Crippen LogP contribution in [0.2, 0.25) is 0 Å². The number of halogens is 1. The second-order valence-corrected chi connectivity index (χ2v) is 5.94. The molecule has 2 aromatic rings. The molecule has 0 aromatic heterocycles. The first kappa shape index (κ1) is 23.1. The molecule has 2 rings (SSSR count). The summed E-state index contributed by atoms with van der Waals surface area (Å²) in [5.41, 5.74) is 6.90. The van der Waals surface area contributed by atoms with Crippen molar-refractivity contribution in [3.8, 4) is 0 Å². The summed E-state index contributed by atoms with van der Waals surface area (Å²) in [5.74, 6) is -0.874. The van der Waals surface area contributed by atoms with Crippen LogP contribution in [-0.4, -0.2) is 49.3 Å².